The second kappa shape index (κ2) is 18.0. The largest absolute Gasteiger partial charge is 0.493 e. The molecule has 0 saturated heterocycles. The Hall–Kier alpha value is -2.69. The molecule has 2 aromatic rings. The average Bonchev–Trinajstić information content (AvgIpc) is 3.44. The summed E-state index contributed by atoms with van der Waals surface area (Å²) in [5, 5.41) is 11.9. The van der Waals surface area contributed by atoms with Gasteiger partial charge in [0.05, 0.1) is 19.4 Å². The molecule has 0 unspecified atom stereocenters. The number of amides is 1. The van der Waals surface area contributed by atoms with E-state index in [0.29, 0.717) is 44.6 Å². The molecule has 1 aromatic heterocycles. The Kier molecular flexibility index (Phi) is 15.5. The maximum atomic E-state index is 13.5. The molecule has 10 heteroatoms. The number of methoxy groups -OCH3 is 2. The van der Waals surface area contributed by atoms with Crippen molar-refractivity contribution in [1.82, 2.24) is 20.3 Å². The highest BCUT2D eigenvalue weighted by atomic mass is 16.5. The van der Waals surface area contributed by atoms with Crippen LogP contribution in [0.25, 0.3) is 0 Å². The number of carbonyl (C=O) groups is 1. The van der Waals surface area contributed by atoms with Gasteiger partial charge in [-0.2, -0.15) is 0 Å². The van der Waals surface area contributed by atoms with E-state index in [1.54, 1.807) is 14.2 Å². The normalized spacial score (nSPS) is 15.1. The van der Waals surface area contributed by atoms with E-state index in [0.717, 1.165) is 36.5 Å². The fraction of sp³-hybridized carbons (Fsp3) is 0.750. The second-order valence-electron chi connectivity index (χ2n) is 15.5. The lowest BCUT2D eigenvalue weighted by atomic mass is 9.80. The molecule has 0 bridgehead atoms. The molecule has 0 radical (unpaired) electrons. The van der Waals surface area contributed by atoms with Crippen LogP contribution < -0.4 is 26.3 Å². The maximum Gasteiger partial charge on any atom is 0.223 e. The van der Waals surface area contributed by atoms with Gasteiger partial charge in [0.1, 0.15) is 0 Å². The molecule has 46 heavy (non-hydrogen) atoms. The topological polar surface area (TPSA) is 140 Å². The summed E-state index contributed by atoms with van der Waals surface area (Å²) in [5.41, 5.74) is 15.3. The molecule has 0 aliphatic heterocycles. The first-order valence-electron chi connectivity index (χ1n) is 17.0. The molecule has 1 aromatic carbocycles. The van der Waals surface area contributed by atoms with E-state index < -0.39 is 0 Å². The van der Waals surface area contributed by atoms with Crippen molar-refractivity contribution in [2.45, 2.75) is 112 Å². The van der Waals surface area contributed by atoms with E-state index in [1.807, 2.05) is 16.9 Å². The van der Waals surface area contributed by atoms with Gasteiger partial charge in [0.15, 0.2) is 11.5 Å². The first-order chi connectivity index (χ1) is 21.5. The first-order valence-corrected chi connectivity index (χ1v) is 17.0. The molecular formula is C36H64N6O4. The zero-order valence-electron chi connectivity index (χ0n) is 30.6. The van der Waals surface area contributed by atoms with E-state index in [1.165, 1.54) is 5.56 Å². The zero-order valence-corrected chi connectivity index (χ0v) is 30.6. The Morgan fingerprint density at radius 1 is 0.957 bits per heavy atom. The number of hydrogen-bond acceptors (Lipinski definition) is 8. The molecule has 4 atom stereocenters. The minimum atomic E-state index is -0.297. The summed E-state index contributed by atoms with van der Waals surface area (Å²) in [7, 11) is 3.34. The Morgan fingerprint density at radius 3 is 2.20 bits per heavy atom. The van der Waals surface area contributed by atoms with Crippen molar-refractivity contribution in [1.29, 1.82) is 0 Å². The minimum Gasteiger partial charge on any atom is -0.493 e. The summed E-state index contributed by atoms with van der Waals surface area (Å²) < 4.78 is 18.5. The van der Waals surface area contributed by atoms with E-state index in [-0.39, 0.29) is 40.7 Å². The van der Waals surface area contributed by atoms with E-state index in [9.17, 15) is 4.79 Å². The summed E-state index contributed by atoms with van der Waals surface area (Å²) in [6, 6.07) is 5.60. The lowest BCUT2D eigenvalue weighted by Gasteiger charge is -2.31. The first kappa shape index (κ1) is 39.5. The molecule has 262 valence electrons. The van der Waals surface area contributed by atoms with Crippen molar-refractivity contribution in [2.24, 2.45) is 40.6 Å². The number of aromatic nitrogens is 3. The number of nitrogens with two attached hydrogens (primary N) is 2. The fourth-order valence-corrected chi connectivity index (χ4v) is 5.59. The molecule has 0 aliphatic rings. The third-order valence-corrected chi connectivity index (χ3v) is 8.85. The van der Waals surface area contributed by atoms with Crippen molar-refractivity contribution < 1.29 is 19.0 Å². The molecule has 1 heterocycles. The van der Waals surface area contributed by atoms with Gasteiger partial charge in [-0.1, -0.05) is 73.6 Å². The SMILES string of the molecule is COCCCOc1cc(C[C@@H](C[C@H](N)[C@@H](N)C[C@H](C(=O)NCC(C)(C)Cn2cc(C(C)(C)C)nn2)C(C)C)C(C)C)ccc1OC. The molecule has 10 nitrogen and oxygen atoms in total. The smallest absolute Gasteiger partial charge is 0.223 e. The Labute approximate surface area is 278 Å². The Bertz CT molecular complexity index is 1190. The molecule has 0 saturated carbocycles. The van der Waals surface area contributed by atoms with Crippen LogP contribution in [0.5, 0.6) is 11.5 Å². The standard InChI is InChI=1S/C36H64N6O4/c1-24(2)27(17-26-13-14-31(45-11)32(18-26)46-16-12-15-44-10)19-29(37)30(38)20-28(25(3)4)34(43)39-22-36(8,9)23-42-21-33(40-41-42)35(5,6)7/h13-14,18,21,24-25,27-30H,12,15-17,19-20,22-23,37-38H2,1-11H3,(H,39,43)/t27-,28-,29-,30-/m0/s1. The highest BCUT2D eigenvalue weighted by Gasteiger charge is 2.31. The molecule has 0 spiro atoms. The molecule has 0 aliphatic carbocycles. The minimum absolute atomic E-state index is 0.0244. The van der Waals surface area contributed by atoms with Gasteiger partial charge in [-0.15, -0.1) is 5.10 Å². The summed E-state index contributed by atoms with van der Waals surface area (Å²) >= 11 is 0. The van der Waals surface area contributed by atoms with Gasteiger partial charge in [-0.25, -0.2) is 0 Å². The highest BCUT2D eigenvalue weighted by Crippen LogP contribution is 2.32. The van der Waals surface area contributed by atoms with Gasteiger partial charge in [0.25, 0.3) is 0 Å². The van der Waals surface area contributed by atoms with Crippen LogP contribution in [0.4, 0.5) is 0 Å². The number of hydrogen-bond donors (Lipinski definition) is 3. The van der Waals surface area contributed by atoms with Crippen molar-refractivity contribution in [3.05, 3.63) is 35.7 Å². The van der Waals surface area contributed by atoms with Crippen LogP contribution in [0.1, 0.15) is 92.8 Å². The van der Waals surface area contributed by atoms with Crippen molar-refractivity contribution in [2.75, 3.05) is 34.0 Å². The van der Waals surface area contributed by atoms with E-state index >= 15 is 0 Å². The second-order valence-corrected chi connectivity index (χ2v) is 15.5. The monoisotopic (exact) mass is 644 g/mol. The van der Waals surface area contributed by atoms with Crippen LogP contribution in [0.15, 0.2) is 24.4 Å². The van der Waals surface area contributed by atoms with Crippen LogP contribution in [-0.2, 0) is 27.9 Å². The van der Waals surface area contributed by atoms with Crippen LogP contribution in [0.3, 0.4) is 0 Å². The summed E-state index contributed by atoms with van der Waals surface area (Å²) in [6.45, 7) is 21.6. The van der Waals surface area contributed by atoms with Gasteiger partial charge in [-0.05, 0) is 54.7 Å². The predicted octanol–water partition coefficient (Wildman–Crippen LogP) is 5.36. The third-order valence-electron chi connectivity index (χ3n) is 8.85. The number of benzene rings is 1. The highest BCUT2D eigenvalue weighted by molar-refractivity contribution is 5.79. The van der Waals surface area contributed by atoms with Gasteiger partial charge >= 0.3 is 0 Å². The van der Waals surface area contributed by atoms with Gasteiger partial charge in [-0.3, -0.25) is 9.48 Å². The van der Waals surface area contributed by atoms with Crippen molar-refractivity contribution >= 4 is 5.91 Å². The predicted molar refractivity (Wildman–Crippen MR) is 186 cm³/mol. The number of nitrogens with one attached hydrogen (secondary N) is 1. The molecule has 1 amide bonds. The van der Waals surface area contributed by atoms with Gasteiger partial charge < -0.3 is 31.0 Å². The van der Waals surface area contributed by atoms with Crippen molar-refractivity contribution in [3.8, 4) is 11.5 Å². The fourth-order valence-electron chi connectivity index (χ4n) is 5.59. The Morgan fingerprint density at radius 2 is 1.63 bits per heavy atom. The maximum absolute atomic E-state index is 13.5. The van der Waals surface area contributed by atoms with Crippen LogP contribution in [0, 0.1) is 29.1 Å². The lowest BCUT2D eigenvalue weighted by Crippen LogP contribution is -2.48. The number of ether oxygens (including phenoxy) is 3. The lowest BCUT2D eigenvalue weighted by molar-refractivity contribution is -0.127. The molecule has 5 N–H and O–H groups in total. The zero-order chi connectivity index (χ0) is 34.7. The van der Waals surface area contributed by atoms with Crippen LogP contribution in [0.2, 0.25) is 0 Å². The van der Waals surface area contributed by atoms with Crippen LogP contribution >= 0.6 is 0 Å². The van der Waals surface area contributed by atoms with Gasteiger partial charge in [0.2, 0.25) is 5.91 Å². The average molecular weight is 645 g/mol. The Balaban J connectivity index is 2.00. The van der Waals surface area contributed by atoms with E-state index in [4.69, 9.17) is 25.7 Å². The summed E-state index contributed by atoms with van der Waals surface area (Å²) in [5.74, 6) is 2.11. The van der Waals surface area contributed by atoms with Crippen molar-refractivity contribution in [3.63, 3.8) is 0 Å². The molecular weight excluding hydrogens is 580 g/mol. The number of rotatable bonds is 20. The van der Waals surface area contributed by atoms with E-state index in [2.05, 4.69) is 90.1 Å². The van der Waals surface area contributed by atoms with Gasteiger partial charge in [0, 0.05) is 68.3 Å². The summed E-state index contributed by atoms with van der Waals surface area (Å²) in [6.07, 6.45) is 4.96. The molecule has 0 fully saturated rings. The quantitative estimate of drug-likeness (QED) is 0.164. The van der Waals surface area contributed by atoms with Crippen LogP contribution in [-0.4, -0.2) is 67.0 Å². The molecule has 2 rings (SSSR count). The third kappa shape index (κ3) is 12.8. The number of carbonyl (C=O) groups excluding carboxylic acids is 1. The number of nitrogens with zero attached hydrogens (tertiary/aromatic N) is 3. The summed E-state index contributed by atoms with van der Waals surface area (Å²) in [4.78, 5) is 13.5.